The van der Waals surface area contributed by atoms with Gasteiger partial charge in [0, 0.05) is 0 Å². The summed E-state index contributed by atoms with van der Waals surface area (Å²) in [4.78, 5) is 23.8. The fourth-order valence-corrected chi connectivity index (χ4v) is 2.48. The number of carbonyl (C=O) groups is 2. The number of hydrogen-bond acceptors (Lipinski definition) is 8. The van der Waals surface area contributed by atoms with Crippen LogP contribution in [0, 0.1) is 5.92 Å². The molecule has 0 saturated heterocycles. The van der Waals surface area contributed by atoms with E-state index in [0.717, 1.165) is 18.2 Å². The highest BCUT2D eigenvalue weighted by Crippen LogP contribution is 2.23. The Labute approximate surface area is 143 Å². The minimum absolute atomic E-state index is 0.0274. The number of ether oxygens (including phenoxy) is 1. The van der Waals surface area contributed by atoms with Gasteiger partial charge in [0.15, 0.2) is 5.76 Å². The summed E-state index contributed by atoms with van der Waals surface area (Å²) in [6, 6.07) is 2.73. The van der Waals surface area contributed by atoms with Crippen molar-refractivity contribution in [3.63, 3.8) is 0 Å². The topological polar surface area (TPSA) is 107 Å². The fraction of sp³-hybridized carbons (Fsp3) is 0.467. The number of carbonyl (C=O) groups excluding carboxylic acids is 2. The molecule has 0 bridgehead atoms. The smallest absolute Gasteiger partial charge is 0.328 e. The van der Waals surface area contributed by atoms with Gasteiger partial charge >= 0.3 is 5.97 Å². The maximum atomic E-state index is 12.1. The molecule has 0 spiro atoms. The van der Waals surface area contributed by atoms with Crippen LogP contribution in [0.4, 0.5) is 0 Å². The third-order valence-corrected chi connectivity index (χ3v) is 4.27. The van der Waals surface area contributed by atoms with Crippen LogP contribution < -0.4 is 5.32 Å². The van der Waals surface area contributed by atoms with Gasteiger partial charge in [-0.05, 0) is 18.1 Å². The number of amides is 1. The van der Waals surface area contributed by atoms with Gasteiger partial charge in [0.05, 0.1) is 19.1 Å². The summed E-state index contributed by atoms with van der Waals surface area (Å²) in [6.45, 7) is 3.82. The summed E-state index contributed by atoms with van der Waals surface area (Å²) in [7, 11) is 1.30. The largest absolute Gasteiger partial charge is 0.467 e. The second-order valence-corrected chi connectivity index (χ2v) is 6.02. The lowest BCUT2D eigenvalue weighted by atomic mass is 9.99. The predicted molar refractivity (Wildman–Crippen MR) is 86.1 cm³/mol. The van der Waals surface area contributed by atoms with Crippen molar-refractivity contribution in [3.05, 3.63) is 18.4 Å². The Balaban J connectivity index is 1.89. The number of nitrogens with zero attached hydrogens (tertiary/aromatic N) is 2. The molecule has 2 rings (SSSR count). The molecule has 0 saturated carbocycles. The van der Waals surface area contributed by atoms with Gasteiger partial charge < -0.3 is 18.9 Å². The molecule has 2 atom stereocenters. The average Bonchev–Trinajstić information content (AvgIpc) is 3.27. The molecule has 2 aromatic heterocycles. The first-order valence-corrected chi connectivity index (χ1v) is 8.41. The molecule has 2 unspecified atom stereocenters. The third kappa shape index (κ3) is 4.60. The molecule has 2 aromatic rings. The van der Waals surface area contributed by atoms with Crippen molar-refractivity contribution in [2.75, 3.05) is 12.9 Å². The molecule has 0 aromatic carbocycles. The molecule has 0 aliphatic heterocycles. The molecule has 9 heteroatoms. The van der Waals surface area contributed by atoms with E-state index < -0.39 is 12.0 Å². The Morgan fingerprint density at radius 3 is 2.83 bits per heavy atom. The first-order chi connectivity index (χ1) is 11.5. The Morgan fingerprint density at radius 2 is 2.21 bits per heavy atom. The number of rotatable bonds is 8. The summed E-state index contributed by atoms with van der Waals surface area (Å²) in [5, 5.41) is 10.6. The van der Waals surface area contributed by atoms with Gasteiger partial charge in [0.2, 0.25) is 5.91 Å². The lowest BCUT2D eigenvalue weighted by Gasteiger charge is -2.21. The first-order valence-electron chi connectivity index (χ1n) is 7.42. The lowest BCUT2D eigenvalue weighted by molar-refractivity contribution is -0.146. The molecule has 1 N–H and O–H groups in total. The van der Waals surface area contributed by atoms with Crippen molar-refractivity contribution < 1.29 is 23.2 Å². The van der Waals surface area contributed by atoms with Crippen LogP contribution in [0.2, 0.25) is 0 Å². The highest BCUT2D eigenvalue weighted by molar-refractivity contribution is 7.99. The lowest BCUT2D eigenvalue weighted by Crippen LogP contribution is -2.46. The standard InChI is InChI=1S/C15H19N3O5S/c1-4-9(2)12(14(20)21-3)16-11(19)8-24-15-18-17-13(23-15)10-6-5-7-22-10/h5-7,9,12H,4,8H2,1-3H3,(H,16,19). The number of aromatic nitrogens is 2. The summed E-state index contributed by atoms with van der Waals surface area (Å²) in [5.41, 5.74) is 0. The number of hydrogen-bond donors (Lipinski definition) is 1. The van der Waals surface area contributed by atoms with E-state index in [1.165, 1.54) is 13.4 Å². The van der Waals surface area contributed by atoms with Gasteiger partial charge in [-0.2, -0.15) is 0 Å². The molecule has 130 valence electrons. The van der Waals surface area contributed by atoms with Crippen molar-refractivity contribution in [1.29, 1.82) is 0 Å². The van der Waals surface area contributed by atoms with Gasteiger partial charge in [-0.1, -0.05) is 32.0 Å². The summed E-state index contributed by atoms with van der Waals surface area (Å²) in [5.74, 6) is -0.0466. The fourth-order valence-electron chi connectivity index (χ4n) is 1.91. The van der Waals surface area contributed by atoms with Crippen LogP contribution in [0.25, 0.3) is 11.7 Å². The van der Waals surface area contributed by atoms with Crippen molar-refractivity contribution in [3.8, 4) is 11.7 Å². The Bertz CT molecular complexity index is 670. The molecule has 1 amide bonds. The molecule has 0 aliphatic rings. The molecule has 0 radical (unpaired) electrons. The van der Waals surface area contributed by atoms with E-state index >= 15 is 0 Å². The van der Waals surface area contributed by atoms with E-state index in [0.29, 0.717) is 5.76 Å². The number of thioether (sulfide) groups is 1. The second-order valence-electron chi connectivity index (χ2n) is 5.09. The zero-order valence-electron chi connectivity index (χ0n) is 13.6. The molecule has 8 nitrogen and oxygen atoms in total. The molecular weight excluding hydrogens is 334 g/mol. The molecule has 24 heavy (non-hydrogen) atoms. The highest BCUT2D eigenvalue weighted by Gasteiger charge is 2.26. The van der Waals surface area contributed by atoms with Gasteiger partial charge in [-0.25, -0.2) is 4.79 Å². The third-order valence-electron chi connectivity index (χ3n) is 3.45. The monoisotopic (exact) mass is 353 g/mol. The number of furan rings is 1. The van der Waals surface area contributed by atoms with E-state index in [9.17, 15) is 9.59 Å². The van der Waals surface area contributed by atoms with Gasteiger partial charge in [-0.3, -0.25) is 4.79 Å². The normalized spacial score (nSPS) is 13.3. The van der Waals surface area contributed by atoms with Crippen molar-refractivity contribution in [2.45, 2.75) is 31.5 Å². The van der Waals surface area contributed by atoms with Crippen LogP contribution in [0.5, 0.6) is 0 Å². The number of esters is 1. The van der Waals surface area contributed by atoms with Crippen LogP contribution in [-0.4, -0.2) is 41.0 Å². The Hall–Kier alpha value is -2.29. The zero-order chi connectivity index (χ0) is 17.5. The second kappa shape index (κ2) is 8.53. The van der Waals surface area contributed by atoms with E-state index in [1.54, 1.807) is 12.1 Å². The van der Waals surface area contributed by atoms with Crippen LogP contribution in [-0.2, 0) is 14.3 Å². The van der Waals surface area contributed by atoms with E-state index in [1.807, 2.05) is 13.8 Å². The summed E-state index contributed by atoms with van der Waals surface area (Å²) >= 11 is 1.08. The van der Waals surface area contributed by atoms with Crippen LogP contribution in [0.1, 0.15) is 20.3 Å². The van der Waals surface area contributed by atoms with E-state index in [-0.39, 0.29) is 28.7 Å². The molecule has 0 aliphatic carbocycles. The minimum Gasteiger partial charge on any atom is -0.467 e. The highest BCUT2D eigenvalue weighted by atomic mass is 32.2. The number of nitrogens with one attached hydrogen (secondary N) is 1. The number of methoxy groups -OCH3 is 1. The van der Waals surface area contributed by atoms with Gasteiger partial charge in [0.25, 0.3) is 11.1 Å². The van der Waals surface area contributed by atoms with Crippen molar-refractivity contribution >= 4 is 23.6 Å². The van der Waals surface area contributed by atoms with E-state index in [4.69, 9.17) is 13.6 Å². The Kier molecular flexibility index (Phi) is 6.42. The Morgan fingerprint density at radius 1 is 1.42 bits per heavy atom. The molecular formula is C15H19N3O5S. The maximum absolute atomic E-state index is 12.1. The van der Waals surface area contributed by atoms with Crippen LogP contribution in [0.3, 0.4) is 0 Å². The van der Waals surface area contributed by atoms with Crippen LogP contribution in [0.15, 0.2) is 32.5 Å². The predicted octanol–water partition coefficient (Wildman–Crippen LogP) is 2.13. The van der Waals surface area contributed by atoms with Gasteiger partial charge in [0.1, 0.15) is 6.04 Å². The van der Waals surface area contributed by atoms with Crippen molar-refractivity contribution in [2.24, 2.45) is 5.92 Å². The first kappa shape index (κ1) is 18.1. The van der Waals surface area contributed by atoms with Gasteiger partial charge in [-0.15, -0.1) is 10.2 Å². The SMILES string of the molecule is CCC(C)C(NC(=O)CSc1nnc(-c2ccco2)o1)C(=O)OC. The molecule has 0 fully saturated rings. The van der Waals surface area contributed by atoms with Crippen molar-refractivity contribution in [1.82, 2.24) is 15.5 Å². The quantitative estimate of drug-likeness (QED) is 0.568. The van der Waals surface area contributed by atoms with E-state index in [2.05, 4.69) is 15.5 Å². The molecule has 2 heterocycles. The summed E-state index contributed by atoms with van der Waals surface area (Å²) in [6.07, 6.45) is 2.24. The average molecular weight is 353 g/mol. The summed E-state index contributed by atoms with van der Waals surface area (Å²) < 4.78 is 15.3. The zero-order valence-corrected chi connectivity index (χ0v) is 14.5. The maximum Gasteiger partial charge on any atom is 0.328 e. The van der Waals surface area contributed by atoms with Crippen LogP contribution >= 0.6 is 11.8 Å². The minimum atomic E-state index is -0.672.